The Balaban J connectivity index is 1.59. The van der Waals surface area contributed by atoms with E-state index in [1.54, 1.807) is 0 Å². The van der Waals surface area contributed by atoms with E-state index in [2.05, 4.69) is 27.2 Å². The van der Waals surface area contributed by atoms with Crippen LogP contribution >= 0.6 is 11.6 Å². The van der Waals surface area contributed by atoms with Crippen LogP contribution in [0.3, 0.4) is 0 Å². The van der Waals surface area contributed by atoms with Crippen molar-refractivity contribution >= 4 is 11.6 Å². The molecule has 2 fully saturated rings. The molecular formula is C18H28ClN3O. The Bertz CT molecular complexity index is 456. The lowest BCUT2D eigenvalue weighted by Gasteiger charge is -2.37. The minimum atomic E-state index is 0.639. The van der Waals surface area contributed by atoms with Crippen molar-refractivity contribution in [3.05, 3.63) is 34.9 Å². The quantitative estimate of drug-likeness (QED) is 0.861. The van der Waals surface area contributed by atoms with Gasteiger partial charge in [-0.25, -0.2) is 0 Å². The van der Waals surface area contributed by atoms with Crippen molar-refractivity contribution in [2.24, 2.45) is 0 Å². The Kier molecular flexibility index (Phi) is 6.72. The van der Waals surface area contributed by atoms with Crippen molar-refractivity contribution in [2.45, 2.75) is 25.4 Å². The number of benzene rings is 1. The molecule has 1 atom stereocenters. The SMILES string of the molecule is Clc1ccc(CN(CCN2CCOCC2)C2CCCNC2)cc1. The van der Waals surface area contributed by atoms with Crippen molar-refractivity contribution in [3.63, 3.8) is 0 Å². The van der Waals surface area contributed by atoms with Crippen LogP contribution in [-0.2, 0) is 11.3 Å². The summed E-state index contributed by atoms with van der Waals surface area (Å²) < 4.78 is 5.45. The topological polar surface area (TPSA) is 27.7 Å². The second-order valence-corrected chi connectivity index (χ2v) is 6.99. The van der Waals surface area contributed by atoms with E-state index in [9.17, 15) is 0 Å². The Morgan fingerprint density at radius 2 is 2.00 bits per heavy atom. The average molecular weight is 338 g/mol. The molecular weight excluding hydrogens is 310 g/mol. The zero-order valence-electron chi connectivity index (χ0n) is 13.8. The first kappa shape index (κ1) is 17.2. The number of rotatable bonds is 6. The molecule has 0 spiro atoms. The van der Waals surface area contributed by atoms with Gasteiger partial charge in [0.2, 0.25) is 0 Å². The minimum absolute atomic E-state index is 0.639. The van der Waals surface area contributed by atoms with Crippen molar-refractivity contribution < 1.29 is 4.74 Å². The maximum absolute atomic E-state index is 6.02. The van der Waals surface area contributed by atoms with E-state index in [1.807, 2.05) is 12.1 Å². The first-order valence-corrected chi connectivity index (χ1v) is 9.18. The van der Waals surface area contributed by atoms with Gasteiger partial charge in [-0.2, -0.15) is 0 Å². The standard InChI is InChI=1S/C18H28ClN3O/c19-17-5-3-16(4-6-17)15-22(18-2-1-7-20-14-18)9-8-21-10-12-23-13-11-21/h3-6,18,20H,1-2,7-15H2. The summed E-state index contributed by atoms with van der Waals surface area (Å²) in [6.07, 6.45) is 2.57. The third kappa shape index (κ3) is 5.44. The number of piperidine rings is 1. The number of hydrogen-bond donors (Lipinski definition) is 1. The molecule has 2 aliphatic rings. The van der Waals surface area contributed by atoms with Crippen molar-refractivity contribution in [3.8, 4) is 0 Å². The molecule has 0 aliphatic carbocycles. The first-order chi connectivity index (χ1) is 11.3. The molecule has 128 valence electrons. The Morgan fingerprint density at radius 1 is 1.22 bits per heavy atom. The van der Waals surface area contributed by atoms with Gasteiger partial charge in [-0.15, -0.1) is 0 Å². The van der Waals surface area contributed by atoms with Crippen LogP contribution in [0, 0.1) is 0 Å². The van der Waals surface area contributed by atoms with Crippen molar-refractivity contribution in [2.75, 3.05) is 52.5 Å². The van der Waals surface area contributed by atoms with Gasteiger partial charge in [0.05, 0.1) is 13.2 Å². The zero-order valence-corrected chi connectivity index (χ0v) is 14.6. The summed E-state index contributed by atoms with van der Waals surface area (Å²) in [7, 11) is 0. The highest BCUT2D eigenvalue weighted by molar-refractivity contribution is 6.30. The summed E-state index contributed by atoms with van der Waals surface area (Å²) in [5.41, 5.74) is 1.35. The van der Waals surface area contributed by atoms with E-state index in [4.69, 9.17) is 16.3 Å². The van der Waals surface area contributed by atoms with Gasteiger partial charge in [0.25, 0.3) is 0 Å². The highest BCUT2D eigenvalue weighted by atomic mass is 35.5. The van der Waals surface area contributed by atoms with Crippen LogP contribution in [0.5, 0.6) is 0 Å². The van der Waals surface area contributed by atoms with Crippen molar-refractivity contribution in [1.82, 2.24) is 15.1 Å². The fourth-order valence-corrected chi connectivity index (χ4v) is 3.58. The lowest BCUT2D eigenvalue weighted by Crippen LogP contribution is -2.49. The van der Waals surface area contributed by atoms with Crippen LogP contribution in [0.25, 0.3) is 0 Å². The molecule has 0 bridgehead atoms. The van der Waals surface area contributed by atoms with Gasteiger partial charge in [-0.3, -0.25) is 9.80 Å². The number of halogens is 1. The van der Waals surface area contributed by atoms with Gasteiger partial charge in [0.1, 0.15) is 0 Å². The summed E-state index contributed by atoms with van der Waals surface area (Å²) in [6.45, 7) is 9.42. The average Bonchev–Trinajstić information content (AvgIpc) is 2.62. The van der Waals surface area contributed by atoms with Crippen LogP contribution in [0.2, 0.25) is 5.02 Å². The maximum Gasteiger partial charge on any atom is 0.0594 e. The highest BCUT2D eigenvalue weighted by Crippen LogP contribution is 2.16. The molecule has 0 aromatic heterocycles. The second-order valence-electron chi connectivity index (χ2n) is 6.55. The van der Waals surface area contributed by atoms with E-state index in [-0.39, 0.29) is 0 Å². The monoisotopic (exact) mass is 337 g/mol. The molecule has 23 heavy (non-hydrogen) atoms. The summed E-state index contributed by atoms with van der Waals surface area (Å²) in [5, 5.41) is 4.36. The third-order valence-corrected chi connectivity index (χ3v) is 5.15. The van der Waals surface area contributed by atoms with Crippen LogP contribution in [0.4, 0.5) is 0 Å². The predicted octanol–water partition coefficient (Wildman–Crippen LogP) is 2.23. The number of nitrogens with one attached hydrogen (secondary N) is 1. The molecule has 1 aromatic carbocycles. The molecule has 3 rings (SSSR count). The van der Waals surface area contributed by atoms with Gasteiger partial charge in [-0.1, -0.05) is 23.7 Å². The van der Waals surface area contributed by atoms with Gasteiger partial charge in [0.15, 0.2) is 0 Å². The van der Waals surface area contributed by atoms with E-state index in [0.29, 0.717) is 6.04 Å². The van der Waals surface area contributed by atoms with Gasteiger partial charge >= 0.3 is 0 Å². The number of ether oxygens (including phenoxy) is 1. The lowest BCUT2D eigenvalue weighted by molar-refractivity contribution is 0.0290. The predicted molar refractivity (Wildman–Crippen MR) is 95.0 cm³/mol. The third-order valence-electron chi connectivity index (χ3n) is 4.89. The van der Waals surface area contributed by atoms with E-state index in [0.717, 1.165) is 64.0 Å². The normalized spacial score (nSPS) is 23.3. The minimum Gasteiger partial charge on any atom is -0.379 e. The maximum atomic E-state index is 6.02. The van der Waals surface area contributed by atoms with Gasteiger partial charge < -0.3 is 10.1 Å². The number of hydrogen-bond acceptors (Lipinski definition) is 4. The summed E-state index contributed by atoms with van der Waals surface area (Å²) >= 11 is 6.02. The molecule has 2 saturated heterocycles. The molecule has 5 heteroatoms. The fourth-order valence-electron chi connectivity index (χ4n) is 3.45. The fraction of sp³-hybridized carbons (Fsp3) is 0.667. The Hall–Kier alpha value is -0.650. The van der Waals surface area contributed by atoms with Crippen LogP contribution in [-0.4, -0.2) is 68.3 Å². The molecule has 1 unspecified atom stereocenters. The molecule has 0 radical (unpaired) electrons. The van der Waals surface area contributed by atoms with E-state index in [1.165, 1.54) is 18.4 Å². The number of morpholine rings is 1. The zero-order chi connectivity index (χ0) is 15.9. The molecule has 4 nitrogen and oxygen atoms in total. The Labute approximate surface area is 144 Å². The Morgan fingerprint density at radius 3 is 2.70 bits per heavy atom. The largest absolute Gasteiger partial charge is 0.379 e. The number of nitrogens with zero attached hydrogens (tertiary/aromatic N) is 2. The lowest BCUT2D eigenvalue weighted by atomic mass is 10.0. The summed E-state index contributed by atoms with van der Waals surface area (Å²) in [4.78, 5) is 5.17. The van der Waals surface area contributed by atoms with Crippen LogP contribution in [0.1, 0.15) is 18.4 Å². The molecule has 1 N–H and O–H groups in total. The summed E-state index contributed by atoms with van der Waals surface area (Å²) in [5.74, 6) is 0. The molecule has 0 amide bonds. The van der Waals surface area contributed by atoms with Crippen LogP contribution in [0.15, 0.2) is 24.3 Å². The smallest absolute Gasteiger partial charge is 0.0594 e. The second kappa shape index (κ2) is 9.00. The molecule has 0 saturated carbocycles. The van der Waals surface area contributed by atoms with Crippen LogP contribution < -0.4 is 5.32 Å². The van der Waals surface area contributed by atoms with Gasteiger partial charge in [0, 0.05) is 50.3 Å². The molecule has 2 heterocycles. The molecule has 1 aromatic rings. The van der Waals surface area contributed by atoms with Gasteiger partial charge in [-0.05, 0) is 37.1 Å². The van der Waals surface area contributed by atoms with E-state index < -0.39 is 0 Å². The highest BCUT2D eigenvalue weighted by Gasteiger charge is 2.22. The van der Waals surface area contributed by atoms with E-state index >= 15 is 0 Å². The summed E-state index contributed by atoms with van der Waals surface area (Å²) in [6, 6.07) is 8.94. The molecule has 2 aliphatic heterocycles. The first-order valence-electron chi connectivity index (χ1n) is 8.80. The van der Waals surface area contributed by atoms with Crippen molar-refractivity contribution in [1.29, 1.82) is 0 Å².